The molecule has 1 aromatic heterocycles. The lowest BCUT2D eigenvalue weighted by Crippen LogP contribution is -2.40. The molecule has 7 nitrogen and oxygen atoms in total. The molecule has 2 aliphatic rings. The molecule has 22 heavy (non-hydrogen) atoms. The van der Waals surface area contributed by atoms with E-state index < -0.39 is 10.0 Å². The first-order valence-electron chi connectivity index (χ1n) is 7.64. The number of hydrogen-bond donors (Lipinski definition) is 1. The summed E-state index contributed by atoms with van der Waals surface area (Å²) in [6, 6.07) is -0.299. The Kier molecular flexibility index (Phi) is 3.98. The molecule has 1 aliphatic heterocycles. The van der Waals surface area contributed by atoms with E-state index in [0.717, 1.165) is 6.54 Å². The fourth-order valence-corrected chi connectivity index (χ4v) is 3.95. The highest BCUT2D eigenvalue weighted by Crippen LogP contribution is 2.28. The van der Waals surface area contributed by atoms with E-state index in [1.165, 1.54) is 23.4 Å². The van der Waals surface area contributed by atoms with Crippen LogP contribution in [0.15, 0.2) is 6.20 Å². The van der Waals surface area contributed by atoms with Gasteiger partial charge in [0.15, 0.2) is 0 Å². The van der Waals surface area contributed by atoms with Gasteiger partial charge in [0.1, 0.15) is 5.82 Å². The number of hydrogen-bond acceptors (Lipinski definition) is 4. The second-order valence-corrected chi connectivity index (χ2v) is 8.19. The third-order valence-corrected chi connectivity index (χ3v) is 5.63. The first-order chi connectivity index (χ1) is 10.3. The average molecular weight is 326 g/mol. The molecule has 1 amide bonds. The van der Waals surface area contributed by atoms with Crippen LogP contribution in [0.1, 0.15) is 37.3 Å². The van der Waals surface area contributed by atoms with E-state index in [0.29, 0.717) is 30.5 Å². The van der Waals surface area contributed by atoms with Gasteiger partial charge in [-0.25, -0.2) is 13.4 Å². The highest BCUT2D eigenvalue weighted by molar-refractivity contribution is 7.88. The average Bonchev–Trinajstić information content (AvgIpc) is 3.15. The summed E-state index contributed by atoms with van der Waals surface area (Å²) in [5, 5.41) is 2.92. The van der Waals surface area contributed by atoms with Crippen LogP contribution in [-0.4, -0.2) is 47.5 Å². The number of nitrogens with one attached hydrogen (secondary N) is 1. The molecule has 0 spiro atoms. The molecule has 1 aliphatic carbocycles. The lowest BCUT2D eigenvalue weighted by Gasteiger charge is -2.31. The summed E-state index contributed by atoms with van der Waals surface area (Å²) in [5.41, 5.74) is 0.700. The summed E-state index contributed by atoms with van der Waals surface area (Å²) < 4.78 is 26.9. The Morgan fingerprint density at radius 3 is 2.77 bits per heavy atom. The monoisotopic (exact) mass is 326 g/mol. The zero-order valence-electron chi connectivity index (χ0n) is 12.9. The second-order valence-electron chi connectivity index (χ2n) is 6.26. The fraction of sp³-hybridized carbons (Fsp3) is 0.714. The van der Waals surface area contributed by atoms with Gasteiger partial charge >= 0.3 is 0 Å². The Morgan fingerprint density at radius 1 is 1.41 bits per heavy atom. The molecule has 0 saturated heterocycles. The van der Waals surface area contributed by atoms with Gasteiger partial charge in [0, 0.05) is 25.8 Å². The number of nitrogens with zero attached hydrogens (tertiary/aromatic N) is 3. The van der Waals surface area contributed by atoms with E-state index >= 15 is 0 Å². The molecule has 1 aromatic rings. The van der Waals surface area contributed by atoms with Gasteiger partial charge in [-0.2, -0.15) is 4.31 Å². The van der Waals surface area contributed by atoms with Crippen LogP contribution in [0.5, 0.6) is 0 Å². The number of aromatic nitrogens is 2. The SMILES string of the molecule is C[C@H]1c2nc(CC(=O)NCC3CC3)cn2CCN1S(C)(=O)=O. The van der Waals surface area contributed by atoms with Crippen molar-refractivity contribution in [1.29, 1.82) is 0 Å². The summed E-state index contributed by atoms with van der Waals surface area (Å²) >= 11 is 0. The molecule has 1 N–H and O–H groups in total. The zero-order chi connectivity index (χ0) is 15.9. The minimum atomic E-state index is -3.24. The van der Waals surface area contributed by atoms with Gasteiger partial charge in [0.05, 0.1) is 24.4 Å². The largest absolute Gasteiger partial charge is 0.355 e. The van der Waals surface area contributed by atoms with E-state index in [1.54, 1.807) is 0 Å². The summed E-state index contributed by atoms with van der Waals surface area (Å²) in [5.74, 6) is 1.35. The van der Waals surface area contributed by atoms with E-state index in [1.807, 2.05) is 17.7 Å². The Morgan fingerprint density at radius 2 is 2.14 bits per heavy atom. The maximum atomic E-state index is 11.9. The van der Waals surface area contributed by atoms with E-state index in [9.17, 15) is 13.2 Å². The second kappa shape index (κ2) is 5.66. The smallest absolute Gasteiger partial charge is 0.226 e. The van der Waals surface area contributed by atoms with Crippen molar-refractivity contribution in [3.05, 3.63) is 17.7 Å². The first-order valence-corrected chi connectivity index (χ1v) is 9.49. The molecule has 0 bridgehead atoms. The van der Waals surface area contributed by atoms with Gasteiger partial charge < -0.3 is 9.88 Å². The van der Waals surface area contributed by atoms with Crippen molar-refractivity contribution in [3.8, 4) is 0 Å². The van der Waals surface area contributed by atoms with Crippen LogP contribution < -0.4 is 5.32 Å². The highest BCUT2D eigenvalue weighted by atomic mass is 32.2. The minimum Gasteiger partial charge on any atom is -0.355 e. The molecule has 1 fully saturated rings. The van der Waals surface area contributed by atoms with Crippen LogP contribution in [0.4, 0.5) is 0 Å². The molecule has 2 heterocycles. The predicted octanol–water partition coefficient (Wildman–Crippen LogP) is 0.288. The summed E-state index contributed by atoms with van der Waals surface area (Å²) in [6.07, 6.45) is 5.74. The molecule has 0 unspecified atom stereocenters. The van der Waals surface area contributed by atoms with Crippen LogP contribution in [0.3, 0.4) is 0 Å². The van der Waals surface area contributed by atoms with Gasteiger partial charge in [-0.15, -0.1) is 0 Å². The Bertz CT molecular complexity index is 678. The van der Waals surface area contributed by atoms with Gasteiger partial charge in [-0.1, -0.05) is 0 Å². The van der Waals surface area contributed by atoms with Crippen molar-refractivity contribution in [3.63, 3.8) is 0 Å². The molecule has 3 rings (SSSR count). The van der Waals surface area contributed by atoms with Crippen molar-refractivity contribution < 1.29 is 13.2 Å². The number of fused-ring (bicyclic) bond motifs is 1. The van der Waals surface area contributed by atoms with Crippen LogP contribution in [0.25, 0.3) is 0 Å². The third-order valence-electron chi connectivity index (χ3n) is 4.28. The van der Waals surface area contributed by atoms with Crippen molar-refractivity contribution in [2.75, 3.05) is 19.3 Å². The summed E-state index contributed by atoms with van der Waals surface area (Å²) in [6.45, 7) is 3.60. The fourth-order valence-electron chi connectivity index (χ4n) is 2.87. The number of rotatable bonds is 5. The molecular weight excluding hydrogens is 304 g/mol. The van der Waals surface area contributed by atoms with Gasteiger partial charge in [-0.05, 0) is 25.7 Å². The summed E-state index contributed by atoms with van der Waals surface area (Å²) in [7, 11) is -3.24. The van der Waals surface area contributed by atoms with E-state index in [2.05, 4.69) is 10.3 Å². The Labute approximate surface area is 130 Å². The number of amides is 1. The van der Waals surface area contributed by atoms with Gasteiger partial charge in [0.25, 0.3) is 0 Å². The van der Waals surface area contributed by atoms with Crippen LogP contribution >= 0.6 is 0 Å². The van der Waals surface area contributed by atoms with Crippen molar-refractivity contribution in [2.24, 2.45) is 5.92 Å². The molecule has 0 radical (unpaired) electrons. The third kappa shape index (κ3) is 3.33. The molecule has 1 atom stereocenters. The minimum absolute atomic E-state index is 0.0185. The molecular formula is C14H22N4O3S. The number of imidazole rings is 1. The Balaban J connectivity index is 1.68. The molecule has 8 heteroatoms. The highest BCUT2D eigenvalue weighted by Gasteiger charge is 2.32. The van der Waals surface area contributed by atoms with E-state index in [4.69, 9.17) is 0 Å². The zero-order valence-corrected chi connectivity index (χ0v) is 13.8. The maximum absolute atomic E-state index is 11.9. The van der Waals surface area contributed by atoms with E-state index in [-0.39, 0.29) is 18.4 Å². The Hall–Kier alpha value is -1.41. The number of sulfonamides is 1. The van der Waals surface area contributed by atoms with Crippen LogP contribution in [-0.2, 0) is 27.8 Å². The lowest BCUT2D eigenvalue weighted by atomic mass is 10.2. The van der Waals surface area contributed by atoms with Crippen molar-refractivity contribution in [2.45, 2.75) is 38.8 Å². The van der Waals surface area contributed by atoms with Crippen LogP contribution in [0, 0.1) is 5.92 Å². The van der Waals surface area contributed by atoms with Crippen LogP contribution in [0.2, 0.25) is 0 Å². The first kappa shape index (κ1) is 15.5. The molecule has 0 aromatic carbocycles. The van der Waals surface area contributed by atoms with Crippen molar-refractivity contribution in [1.82, 2.24) is 19.2 Å². The standard InChI is InChI=1S/C14H22N4O3S/c1-10-14-16-12(7-13(19)15-8-11-3-4-11)9-17(14)5-6-18(10)22(2,20)21/h9-11H,3-8H2,1-2H3,(H,15,19)/t10-/m0/s1. The normalized spacial score (nSPS) is 22.4. The predicted molar refractivity (Wildman–Crippen MR) is 81.6 cm³/mol. The van der Waals surface area contributed by atoms with Gasteiger partial charge in [-0.3, -0.25) is 4.79 Å². The number of carbonyl (C=O) groups is 1. The molecule has 1 saturated carbocycles. The lowest BCUT2D eigenvalue weighted by molar-refractivity contribution is -0.120. The molecule has 122 valence electrons. The summed E-state index contributed by atoms with van der Waals surface area (Å²) in [4.78, 5) is 16.4. The maximum Gasteiger partial charge on any atom is 0.226 e. The van der Waals surface area contributed by atoms with Gasteiger partial charge in [0.2, 0.25) is 15.9 Å². The van der Waals surface area contributed by atoms with Crippen molar-refractivity contribution >= 4 is 15.9 Å². The topological polar surface area (TPSA) is 84.3 Å². The number of carbonyl (C=O) groups excluding carboxylic acids is 1. The quantitative estimate of drug-likeness (QED) is 0.843.